The minimum atomic E-state index is 0. The second-order valence-corrected chi connectivity index (χ2v) is 7.55. The average molecular weight is 533 g/mol. The molecule has 0 spiro atoms. The predicted octanol–water partition coefficient (Wildman–Crippen LogP) is 4.32. The summed E-state index contributed by atoms with van der Waals surface area (Å²) in [5.74, 6) is 2.69. The SMILES string of the molecule is CN=C(NCc1ccnc(OCC2CC2)c1)NCc1coc(-c2ccc(C)cc2)n1.I. The molecule has 164 valence electrons. The van der Waals surface area contributed by atoms with Gasteiger partial charge in [-0.15, -0.1) is 24.0 Å². The van der Waals surface area contributed by atoms with Crippen LogP contribution in [0.25, 0.3) is 11.5 Å². The Morgan fingerprint density at radius 3 is 2.68 bits per heavy atom. The van der Waals surface area contributed by atoms with Crippen molar-refractivity contribution in [2.45, 2.75) is 32.9 Å². The summed E-state index contributed by atoms with van der Waals surface area (Å²) in [7, 11) is 1.74. The van der Waals surface area contributed by atoms with Crippen molar-refractivity contribution in [2.75, 3.05) is 13.7 Å². The third-order valence-electron chi connectivity index (χ3n) is 4.93. The summed E-state index contributed by atoms with van der Waals surface area (Å²) in [6, 6.07) is 12.0. The van der Waals surface area contributed by atoms with E-state index in [0.717, 1.165) is 23.4 Å². The summed E-state index contributed by atoms with van der Waals surface area (Å²) in [6.45, 7) is 3.95. The first-order valence-corrected chi connectivity index (χ1v) is 10.2. The maximum atomic E-state index is 5.75. The molecule has 8 heteroatoms. The van der Waals surface area contributed by atoms with E-state index in [1.165, 1.54) is 18.4 Å². The fraction of sp³-hybridized carbons (Fsp3) is 0.348. The van der Waals surface area contributed by atoms with E-state index < -0.39 is 0 Å². The zero-order valence-electron chi connectivity index (χ0n) is 17.8. The van der Waals surface area contributed by atoms with Crippen LogP contribution in [-0.4, -0.2) is 29.6 Å². The fourth-order valence-electron chi connectivity index (χ4n) is 2.92. The molecule has 0 atom stereocenters. The van der Waals surface area contributed by atoms with E-state index in [1.54, 1.807) is 19.5 Å². The van der Waals surface area contributed by atoms with Crippen molar-refractivity contribution in [2.24, 2.45) is 10.9 Å². The molecule has 0 radical (unpaired) electrons. The lowest BCUT2D eigenvalue weighted by Gasteiger charge is -2.11. The van der Waals surface area contributed by atoms with E-state index in [9.17, 15) is 0 Å². The number of nitrogens with one attached hydrogen (secondary N) is 2. The van der Waals surface area contributed by atoms with Crippen molar-refractivity contribution >= 4 is 29.9 Å². The van der Waals surface area contributed by atoms with Crippen molar-refractivity contribution in [1.82, 2.24) is 20.6 Å². The van der Waals surface area contributed by atoms with E-state index in [0.29, 0.717) is 36.7 Å². The van der Waals surface area contributed by atoms with Crippen LogP contribution in [-0.2, 0) is 13.1 Å². The molecule has 0 aliphatic heterocycles. The number of nitrogens with zero attached hydrogens (tertiary/aromatic N) is 3. The highest BCUT2D eigenvalue weighted by atomic mass is 127. The molecule has 2 N–H and O–H groups in total. The van der Waals surface area contributed by atoms with E-state index in [2.05, 4.69) is 32.5 Å². The second-order valence-electron chi connectivity index (χ2n) is 7.55. The zero-order valence-corrected chi connectivity index (χ0v) is 20.1. The Kier molecular flexibility index (Phi) is 8.27. The van der Waals surface area contributed by atoms with Gasteiger partial charge in [0.15, 0.2) is 5.96 Å². The van der Waals surface area contributed by atoms with Gasteiger partial charge < -0.3 is 19.8 Å². The highest BCUT2D eigenvalue weighted by molar-refractivity contribution is 14.0. The van der Waals surface area contributed by atoms with E-state index in [1.807, 2.05) is 36.4 Å². The molecular weight excluding hydrogens is 505 g/mol. The highest BCUT2D eigenvalue weighted by Gasteiger charge is 2.22. The fourth-order valence-corrected chi connectivity index (χ4v) is 2.92. The molecular formula is C23H28IN5O2. The molecule has 0 saturated heterocycles. The smallest absolute Gasteiger partial charge is 0.226 e. The van der Waals surface area contributed by atoms with Gasteiger partial charge in [0.2, 0.25) is 11.8 Å². The Morgan fingerprint density at radius 1 is 1.16 bits per heavy atom. The van der Waals surface area contributed by atoms with Gasteiger partial charge >= 0.3 is 0 Å². The van der Waals surface area contributed by atoms with Crippen LogP contribution < -0.4 is 15.4 Å². The lowest BCUT2D eigenvalue weighted by atomic mass is 10.1. The topological polar surface area (TPSA) is 84.6 Å². The van der Waals surface area contributed by atoms with Crippen molar-refractivity contribution < 1.29 is 9.15 Å². The first-order chi connectivity index (χ1) is 14.7. The molecule has 1 saturated carbocycles. The third-order valence-corrected chi connectivity index (χ3v) is 4.93. The number of halogens is 1. The van der Waals surface area contributed by atoms with Crippen molar-refractivity contribution in [1.29, 1.82) is 0 Å². The Balaban J connectivity index is 0.00000272. The van der Waals surface area contributed by atoms with Gasteiger partial charge in [0.1, 0.15) is 6.26 Å². The van der Waals surface area contributed by atoms with Crippen LogP contribution in [0.1, 0.15) is 29.7 Å². The second kappa shape index (κ2) is 11.1. The van der Waals surface area contributed by atoms with Gasteiger partial charge in [-0.3, -0.25) is 4.99 Å². The Bertz CT molecular complexity index is 999. The lowest BCUT2D eigenvalue weighted by molar-refractivity contribution is 0.288. The van der Waals surface area contributed by atoms with Crippen molar-refractivity contribution in [3.63, 3.8) is 0 Å². The van der Waals surface area contributed by atoms with Crippen LogP contribution in [0.5, 0.6) is 5.88 Å². The average Bonchev–Trinajstić information content (AvgIpc) is 3.49. The molecule has 1 fully saturated rings. The number of pyridine rings is 1. The Morgan fingerprint density at radius 2 is 1.94 bits per heavy atom. The van der Waals surface area contributed by atoms with Gasteiger partial charge in [0, 0.05) is 31.4 Å². The van der Waals surface area contributed by atoms with Crippen LogP contribution in [0.15, 0.2) is 58.3 Å². The minimum Gasteiger partial charge on any atom is -0.477 e. The summed E-state index contributed by atoms with van der Waals surface area (Å²) in [4.78, 5) is 13.1. The van der Waals surface area contributed by atoms with Crippen LogP contribution in [0.2, 0.25) is 0 Å². The molecule has 0 bridgehead atoms. The molecule has 2 aromatic heterocycles. The van der Waals surface area contributed by atoms with Crippen molar-refractivity contribution in [3.8, 4) is 17.3 Å². The number of rotatable bonds is 8. The van der Waals surface area contributed by atoms with Crippen LogP contribution in [0, 0.1) is 12.8 Å². The van der Waals surface area contributed by atoms with E-state index in [-0.39, 0.29) is 24.0 Å². The van der Waals surface area contributed by atoms with Gasteiger partial charge in [-0.25, -0.2) is 9.97 Å². The standard InChI is InChI=1S/C23H27N5O2.HI/c1-16-3-7-19(8-4-16)22-28-20(15-30-22)13-27-23(24-2)26-12-18-9-10-25-21(11-18)29-14-17-5-6-17;/h3-4,7-11,15,17H,5-6,12-14H2,1-2H3,(H2,24,26,27);1H. The molecule has 1 aliphatic rings. The van der Waals surface area contributed by atoms with E-state index in [4.69, 9.17) is 9.15 Å². The lowest BCUT2D eigenvalue weighted by Crippen LogP contribution is -2.36. The molecule has 3 aromatic rings. The third kappa shape index (κ3) is 6.95. The first kappa shape index (κ1) is 23.1. The molecule has 1 aromatic carbocycles. The number of aryl methyl sites for hydroxylation is 1. The normalized spacial score (nSPS) is 13.4. The first-order valence-electron chi connectivity index (χ1n) is 10.2. The summed E-state index contributed by atoms with van der Waals surface area (Å²) in [5, 5.41) is 6.56. The minimum absolute atomic E-state index is 0. The number of guanidine groups is 1. The Labute approximate surface area is 199 Å². The number of ether oxygens (including phenoxy) is 1. The molecule has 0 unspecified atom stereocenters. The zero-order chi connectivity index (χ0) is 20.8. The number of aromatic nitrogens is 2. The summed E-state index contributed by atoms with van der Waals surface area (Å²) < 4.78 is 11.4. The van der Waals surface area contributed by atoms with Crippen LogP contribution in [0.3, 0.4) is 0 Å². The van der Waals surface area contributed by atoms with E-state index >= 15 is 0 Å². The largest absolute Gasteiger partial charge is 0.477 e. The summed E-state index contributed by atoms with van der Waals surface area (Å²) in [5.41, 5.74) is 4.07. The maximum Gasteiger partial charge on any atom is 0.226 e. The summed E-state index contributed by atoms with van der Waals surface area (Å²) in [6.07, 6.45) is 5.97. The van der Waals surface area contributed by atoms with Gasteiger partial charge in [-0.1, -0.05) is 17.7 Å². The molecule has 4 rings (SSSR count). The van der Waals surface area contributed by atoms with Gasteiger partial charge in [-0.05, 0) is 49.4 Å². The summed E-state index contributed by atoms with van der Waals surface area (Å²) >= 11 is 0. The monoisotopic (exact) mass is 533 g/mol. The predicted molar refractivity (Wildman–Crippen MR) is 132 cm³/mol. The van der Waals surface area contributed by atoms with Gasteiger partial charge in [0.05, 0.1) is 18.8 Å². The molecule has 1 aliphatic carbocycles. The Hall–Kier alpha value is -2.62. The number of benzene rings is 1. The maximum absolute atomic E-state index is 5.75. The number of hydrogen-bond acceptors (Lipinski definition) is 5. The van der Waals surface area contributed by atoms with Crippen molar-refractivity contribution in [3.05, 3.63) is 65.7 Å². The van der Waals surface area contributed by atoms with Gasteiger partial charge in [-0.2, -0.15) is 0 Å². The van der Waals surface area contributed by atoms with Crippen LogP contribution in [0.4, 0.5) is 0 Å². The quantitative estimate of drug-likeness (QED) is 0.255. The molecule has 0 amide bonds. The number of oxazole rings is 1. The number of aliphatic imine (C=N–C) groups is 1. The van der Waals surface area contributed by atoms with Crippen LogP contribution >= 0.6 is 24.0 Å². The molecule has 31 heavy (non-hydrogen) atoms. The molecule has 2 heterocycles. The number of hydrogen-bond donors (Lipinski definition) is 2. The highest BCUT2D eigenvalue weighted by Crippen LogP contribution is 2.29. The van der Waals surface area contributed by atoms with Gasteiger partial charge in [0.25, 0.3) is 0 Å². The molecule has 7 nitrogen and oxygen atoms in total.